The summed E-state index contributed by atoms with van der Waals surface area (Å²) in [7, 11) is 0. The predicted octanol–water partition coefficient (Wildman–Crippen LogP) is 2.18. The molecular formula is C15H19Cl2N3O2. The number of carbonyl (C=O) groups is 1. The second kappa shape index (κ2) is 8.17. The molecule has 1 aromatic carbocycles. The molecule has 1 heterocycles. The van der Waals surface area contributed by atoms with Crippen LogP contribution < -0.4 is 16.5 Å². The number of hydrogen-bond acceptors (Lipinski definition) is 3. The summed E-state index contributed by atoms with van der Waals surface area (Å²) in [5, 5.41) is 3.76. The van der Waals surface area contributed by atoms with Crippen LogP contribution in [0, 0.1) is 0 Å². The number of nitrogens with zero attached hydrogens (tertiary/aromatic N) is 1. The quantitative estimate of drug-likeness (QED) is 0.816. The molecule has 1 aromatic heterocycles. The van der Waals surface area contributed by atoms with Crippen molar-refractivity contribution in [1.29, 1.82) is 0 Å². The first-order valence-corrected chi connectivity index (χ1v) is 7.27. The van der Waals surface area contributed by atoms with E-state index in [0.717, 1.165) is 5.52 Å². The van der Waals surface area contributed by atoms with Crippen molar-refractivity contribution in [3.05, 3.63) is 45.2 Å². The molecule has 3 N–H and O–H groups in total. The topological polar surface area (TPSA) is 77.1 Å². The number of hydrogen-bond donors (Lipinski definition) is 2. The average Bonchev–Trinajstić information content (AvgIpc) is 2.47. The van der Waals surface area contributed by atoms with Crippen LogP contribution in [0.4, 0.5) is 0 Å². The summed E-state index contributed by atoms with van der Waals surface area (Å²) in [6.45, 7) is 3.54. The minimum absolute atomic E-state index is 0. The van der Waals surface area contributed by atoms with E-state index in [2.05, 4.69) is 5.32 Å². The highest BCUT2D eigenvalue weighted by Crippen LogP contribution is 2.17. The Hall–Kier alpha value is -1.56. The van der Waals surface area contributed by atoms with Gasteiger partial charge in [-0.2, -0.15) is 0 Å². The van der Waals surface area contributed by atoms with Crippen LogP contribution in [-0.4, -0.2) is 23.6 Å². The fraction of sp³-hybridized carbons (Fsp3) is 0.333. The van der Waals surface area contributed by atoms with E-state index in [9.17, 15) is 9.59 Å². The molecule has 0 radical (unpaired) electrons. The number of carbonyl (C=O) groups excluding carboxylic acids is 1. The summed E-state index contributed by atoms with van der Waals surface area (Å²) >= 11 is 5.98. The first kappa shape index (κ1) is 18.5. The third-order valence-corrected chi connectivity index (χ3v) is 3.53. The van der Waals surface area contributed by atoms with E-state index in [1.54, 1.807) is 24.4 Å². The Bertz CT molecular complexity index is 729. The van der Waals surface area contributed by atoms with Gasteiger partial charge in [0.25, 0.3) is 5.91 Å². The molecule has 0 aliphatic heterocycles. The van der Waals surface area contributed by atoms with E-state index >= 15 is 0 Å². The Morgan fingerprint density at radius 3 is 2.77 bits per heavy atom. The van der Waals surface area contributed by atoms with Crippen LogP contribution in [0.15, 0.2) is 29.2 Å². The maximum atomic E-state index is 12.4. The normalized spacial score (nSPS) is 10.3. The number of amides is 1. The molecule has 0 aliphatic rings. The molecule has 120 valence electrons. The predicted molar refractivity (Wildman–Crippen MR) is 92.1 cm³/mol. The molecule has 2 aromatic rings. The Balaban J connectivity index is 0.00000242. The van der Waals surface area contributed by atoms with Crippen molar-refractivity contribution in [2.45, 2.75) is 19.9 Å². The SMILES string of the molecule is CCn1cc(C(=O)NCCCN)c(=O)c2ccc(Cl)cc21.Cl. The van der Waals surface area contributed by atoms with E-state index in [1.165, 1.54) is 0 Å². The number of aryl methyl sites for hydroxylation is 1. The van der Waals surface area contributed by atoms with Gasteiger partial charge in [0.15, 0.2) is 0 Å². The zero-order chi connectivity index (χ0) is 15.4. The number of nitrogens with two attached hydrogens (primary N) is 1. The summed E-state index contributed by atoms with van der Waals surface area (Å²) < 4.78 is 1.85. The smallest absolute Gasteiger partial charge is 0.256 e. The highest BCUT2D eigenvalue weighted by Gasteiger charge is 2.14. The second-order valence-electron chi connectivity index (χ2n) is 4.72. The fourth-order valence-electron chi connectivity index (χ4n) is 2.19. The summed E-state index contributed by atoms with van der Waals surface area (Å²) in [4.78, 5) is 24.6. The van der Waals surface area contributed by atoms with E-state index in [-0.39, 0.29) is 29.3 Å². The summed E-state index contributed by atoms with van der Waals surface area (Å²) in [6.07, 6.45) is 2.26. The van der Waals surface area contributed by atoms with Crippen molar-refractivity contribution in [3.8, 4) is 0 Å². The van der Waals surface area contributed by atoms with Crippen LogP contribution in [0.2, 0.25) is 5.02 Å². The molecule has 2 rings (SSSR count). The van der Waals surface area contributed by atoms with Crippen LogP contribution in [0.5, 0.6) is 0 Å². The first-order valence-electron chi connectivity index (χ1n) is 6.89. The molecule has 5 nitrogen and oxygen atoms in total. The maximum absolute atomic E-state index is 12.4. The molecule has 0 spiro atoms. The first-order chi connectivity index (χ1) is 10.1. The van der Waals surface area contributed by atoms with Gasteiger partial charge in [-0.15, -0.1) is 12.4 Å². The van der Waals surface area contributed by atoms with E-state index < -0.39 is 0 Å². The molecule has 1 amide bonds. The molecule has 22 heavy (non-hydrogen) atoms. The molecule has 0 aliphatic carbocycles. The average molecular weight is 344 g/mol. The van der Waals surface area contributed by atoms with E-state index in [0.29, 0.717) is 36.5 Å². The number of pyridine rings is 1. The molecule has 7 heteroatoms. The summed E-state index contributed by atoms with van der Waals surface area (Å²) in [5.41, 5.74) is 5.98. The number of benzene rings is 1. The lowest BCUT2D eigenvalue weighted by atomic mass is 10.1. The van der Waals surface area contributed by atoms with Crippen molar-refractivity contribution in [1.82, 2.24) is 9.88 Å². The van der Waals surface area contributed by atoms with Gasteiger partial charge >= 0.3 is 0 Å². The molecule has 0 saturated heterocycles. The molecular weight excluding hydrogens is 325 g/mol. The lowest BCUT2D eigenvalue weighted by Crippen LogP contribution is -2.31. The van der Waals surface area contributed by atoms with Gasteiger partial charge in [-0.1, -0.05) is 11.6 Å². The third-order valence-electron chi connectivity index (χ3n) is 3.30. The molecule has 0 atom stereocenters. The molecule has 0 fully saturated rings. The zero-order valence-corrected chi connectivity index (χ0v) is 13.8. The van der Waals surface area contributed by atoms with Crippen molar-refractivity contribution in [2.24, 2.45) is 5.73 Å². The monoisotopic (exact) mass is 343 g/mol. The Kier molecular flexibility index (Phi) is 6.87. The summed E-state index contributed by atoms with van der Waals surface area (Å²) in [5.74, 6) is -0.368. The largest absolute Gasteiger partial charge is 0.352 e. The fourth-order valence-corrected chi connectivity index (χ4v) is 2.35. The Morgan fingerprint density at radius 1 is 1.41 bits per heavy atom. The van der Waals surface area contributed by atoms with Crippen LogP contribution in [0.3, 0.4) is 0 Å². The molecule has 0 unspecified atom stereocenters. The van der Waals surface area contributed by atoms with Gasteiger partial charge in [-0.25, -0.2) is 0 Å². The minimum Gasteiger partial charge on any atom is -0.352 e. The lowest BCUT2D eigenvalue weighted by Gasteiger charge is -2.12. The molecule has 0 saturated carbocycles. The van der Waals surface area contributed by atoms with Crippen LogP contribution >= 0.6 is 24.0 Å². The third kappa shape index (κ3) is 3.80. The van der Waals surface area contributed by atoms with Crippen LogP contribution in [-0.2, 0) is 6.54 Å². The second-order valence-corrected chi connectivity index (χ2v) is 5.15. The Labute approximate surface area is 139 Å². The lowest BCUT2D eigenvalue weighted by molar-refractivity contribution is 0.0952. The standard InChI is InChI=1S/C15H18ClN3O2.ClH/c1-2-19-9-12(15(21)18-7-3-6-17)14(20)11-5-4-10(16)8-13(11)19;/h4-5,8-9H,2-3,6-7,17H2,1H3,(H,18,21);1H. The van der Waals surface area contributed by atoms with Crippen molar-refractivity contribution in [2.75, 3.05) is 13.1 Å². The molecule has 0 bridgehead atoms. The van der Waals surface area contributed by atoms with Gasteiger partial charge in [0.2, 0.25) is 5.43 Å². The van der Waals surface area contributed by atoms with E-state index in [1.807, 2.05) is 11.5 Å². The van der Waals surface area contributed by atoms with Gasteiger partial charge in [0.1, 0.15) is 5.56 Å². The number of nitrogens with one attached hydrogen (secondary N) is 1. The Morgan fingerprint density at radius 2 is 2.14 bits per heavy atom. The highest BCUT2D eigenvalue weighted by atomic mass is 35.5. The zero-order valence-electron chi connectivity index (χ0n) is 12.3. The number of fused-ring (bicyclic) bond motifs is 1. The number of aromatic nitrogens is 1. The van der Waals surface area contributed by atoms with Gasteiger partial charge in [-0.05, 0) is 38.1 Å². The van der Waals surface area contributed by atoms with E-state index in [4.69, 9.17) is 17.3 Å². The number of halogens is 2. The van der Waals surface area contributed by atoms with Crippen molar-refractivity contribution in [3.63, 3.8) is 0 Å². The number of rotatable bonds is 5. The van der Waals surface area contributed by atoms with Crippen molar-refractivity contribution < 1.29 is 4.79 Å². The van der Waals surface area contributed by atoms with Gasteiger partial charge < -0.3 is 15.6 Å². The van der Waals surface area contributed by atoms with Gasteiger partial charge in [0, 0.05) is 29.7 Å². The summed E-state index contributed by atoms with van der Waals surface area (Å²) in [6, 6.07) is 5.04. The van der Waals surface area contributed by atoms with Gasteiger partial charge in [-0.3, -0.25) is 9.59 Å². The highest BCUT2D eigenvalue weighted by molar-refractivity contribution is 6.31. The minimum atomic E-state index is -0.368. The maximum Gasteiger partial charge on any atom is 0.256 e. The van der Waals surface area contributed by atoms with Crippen LogP contribution in [0.25, 0.3) is 10.9 Å². The van der Waals surface area contributed by atoms with Crippen LogP contribution in [0.1, 0.15) is 23.7 Å². The van der Waals surface area contributed by atoms with Crippen molar-refractivity contribution >= 4 is 40.8 Å². The van der Waals surface area contributed by atoms with Gasteiger partial charge in [0.05, 0.1) is 5.52 Å².